The highest BCUT2D eigenvalue weighted by atomic mass is 127. The van der Waals surface area contributed by atoms with Crippen LogP contribution in [0.15, 0.2) is 46.9 Å². The van der Waals surface area contributed by atoms with E-state index in [4.69, 9.17) is 0 Å². The van der Waals surface area contributed by atoms with Gasteiger partial charge in [-0.05, 0) is 63.9 Å². The SMILES string of the molecule is CC(C)(C)c1ccc(C(=O)Nc2ccc(Br)cc2I)cc1. The van der Waals surface area contributed by atoms with Crippen molar-refractivity contribution in [3.8, 4) is 0 Å². The number of carbonyl (C=O) groups excluding carboxylic acids is 1. The fourth-order valence-electron chi connectivity index (χ4n) is 1.91. The fourth-order valence-corrected chi connectivity index (χ4v) is 3.35. The van der Waals surface area contributed by atoms with Crippen LogP contribution in [0.25, 0.3) is 0 Å². The van der Waals surface area contributed by atoms with Crippen LogP contribution in [-0.2, 0) is 5.41 Å². The molecule has 0 saturated carbocycles. The Labute approximate surface area is 147 Å². The summed E-state index contributed by atoms with van der Waals surface area (Å²) in [6, 6.07) is 13.6. The molecule has 0 unspecified atom stereocenters. The van der Waals surface area contributed by atoms with Crippen LogP contribution in [0.1, 0.15) is 36.7 Å². The Balaban J connectivity index is 2.17. The first kappa shape index (κ1) is 16.5. The maximum atomic E-state index is 12.3. The molecule has 110 valence electrons. The van der Waals surface area contributed by atoms with Gasteiger partial charge in [-0.25, -0.2) is 0 Å². The first-order valence-corrected chi connectivity index (χ1v) is 8.51. The lowest BCUT2D eigenvalue weighted by molar-refractivity contribution is 0.102. The number of amides is 1. The number of rotatable bonds is 2. The Morgan fingerprint density at radius 2 is 1.71 bits per heavy atom. The van der Waals surface area contributed by atoms with Gasteiger partial charge in [0.05, 0.1) is 5.69 Å². The van der Waals surface area contributed by atoms with Crippen molar-refractivity contribution in [1.82, 2.24) is 0 Å². The minimum Gasteiger partial charge on any atom is -0.321 e. The normalized spacial score (nSPS) is 11.3. The summed E-state index contributed by atoms with van der Waals surface area (Å²) < 4.78 is 2.00. The maximum Gasteiger partial charge on any atom is 0.255 e. The summed E-state index contributed by atoms with van der Waals surface area (Å²) >= 11 is 5.63. The highest BCUT2D eigenvalue weighted by Crippen LogP contribution is 2.24. The zero-order valence-corrected chi connectivity index (χ0v) is 15.9. The van der Waals surface area contributed by atoms with E-state index in [1.54, 1.807) is 0 Å². The van der Waals surface area contributed by atoms with Gasteiger partial charge in [0.2, 0.25) is 0 Å². The zero-order chi connectivity index (χ0) is 15.6. The van der Waals surface area contributed by atoms with E-state index in [2.05, 4.69) is 64.6 Å². The monoisotopic (exact) mass is 457 g/mol. The molecular weight excluding hydrogens is 441 g/mol. The molecule has 0 fully saturated rings. The van der Waals surface area contributed by atoms with E-state index in [9.17, 15) is 4.79 Å². The average molecular weight is 458 g/mol. The van der Waals surface area contributed by atoms with Gasteiger partial charge >= 0.3 is 0 Å². The number of benzene rings is 2. The third-order valence-electron chi connectivity index (χ3n) is 3.19. The standard InChI is InChI=1S/C17H17BrINO/c1-17(2,3)12-6-4-11(5-7-12)16(21)20-15-9-8-13(18)10-14(15)19/h4-10H,1-3H3,(H,20,21). The van der Waals surface area contributed by atoms with Crippen LogP contribution in [0.4, 0.5) is 5.69 Å². The molecule has 2 aromatic rings. The van der Waals surface area contributed by atoms with Gasteiger partial charge in [0, 0.05) is 13.6 Å². The van der Waals surface area contributed by atoms with Crippen molar-refractivity contribution in [2.45, 2.75) is 26.2 Å². The van der Waals surface area contributed by atoms with Crippen molar-refractivity contribution in [2.24, 2.45) is 0 Å². The molecule has 0 aromatic heterocycles. The van der Waals surface area contributed by atoms with E-state index in [0.29, 0.717) is 5.56 Å². The molecule has 0 bridgehead atoms. The number of hydrogen-bond donors (Lipinski definition) is 1. The van der Waals surface area contributed by atoms with Crippen LogP contribution in [0.3, 0.4) is 0 Å². The second kappa shape index (κ2) is 6.48. The van der Waals surface area contributed by atoms with Gasteiger partial charge in [0.1, 0.15) is 0 Å². The van der Waals surface area contributed by atoms with Crippen LogP contribution in [0.2, 0.25) is 0 Å². The maximum absolute atomic E-state index is 12.3. The quantitative estimate of drug-likeness (QED) is 0.584. The number of halogens is 2. The molecule has 0 aliphatic heterocycles. The highest BCUT2D eigenvalue weighted by Gasteiger charge is 2.14. The van der Waals surface area contributed by atoms with Crippen molar-refractivity contribution < 1.29 is 4.79 Å². The Morgan fingerprint density at radius 3 is 2.24 bits per heavy atom. The lowest BCUT2D eigenvalue weighted by Crippen LogP contribution is -2.14. The summed E-state index contributed by atoms with van der Waals surface area (Å²) in [6.07, 6.45) is 0. The lowest BCUT2D eigenvalue weighted by Gasteiger charge is -2.19. The first-order valence-electron chi connectivity index (χ1n) is 6.64. The molecule has 0 saturated heterocycles. The van der Waals surface area contributed by atoms with Gasteiger partial charge in [-0.2, -0.15) is 0 Å². The largest absolute Gasteiger partial charge is 0.321 e. The molecule has 4 heteroatoms. The van der Waals surface area contributed by atoms with E-state index in [1.807, 2.05) is 42.5 Å². The predicted molar refractivity (Wildman–Crippen MR) is 100.0 cm³/mol. The van der Waals surface area contributed by atoms with E-state index in [0.717, 1.165) is 13.7 Å². The highest BCUT2D eigenvalue weighted by molar-refractivity contribution is 14.1. The third-order valence-corrected chi connectivity index (χ3v) is 4.58. The second-order valence-electron chi connectivity index (χ2n) is 5.91. The van der Waals surface area contributed by atoms with Gasteiger partial charge in [-0.15, -0.1) is 0 Å². The second-order valence-corrected chi connectivity index (χ2v) is 7.98. The van der Waals surface area contributed by atoms with Crippen molar-refractivity contribution in [3.63, 3.8) is 0 Å². The van der Waals surface area contributed by atoms with Crippen molar-refractivity contribution in [3.05, 3.63) is 61.6 Å². The van der Waals surface area contributed by atoms with Crippen LogP contribution in [0.5, 0.6) is 0 Å². The summed E-state index contributed by atoms with van der Waals surface area (Å²) in [5, 5.41) is 2.94. The lowest BCUT2D eigenvalue weighted by atomic mass is 9.87. The molecule has 0 atom stereocenters. The molecule has 1 N–H and O–H groups in total. The number of anilines is 1. The molecule has 2 rings (SSSR count). The number of hydrogen-bond acceptors (Lipinski definition) is 1. The minimum atomic E-state index is -0.0873. The van der Waals surface area contributed by atoms with Crippen LogP contribution in [0, 0.1) is 3.57 Å². The van der Waals surface area contributed by atoms with Crippen LogP contribution in [-0.4, -0.2) is 5.91 Å². The Hall–Kier alpha value is -0.880. The van der Waals surface area contributed by atoms with Gasteiger partial charge in [0.15, 0.2) is 0 Å². The number of carbonyl (C=O) groups is 1. The molecule has 2 aromatic carbocycles. The van der Waals surface area contributed by atoms with Gasteiger partial charge in [-0.1, -0.05) is 48.8 Å². The van der Waals surface area contributed by atoms with Crippen LogP contribution < -0.4 is 5.32 Å². The molecular formula is C17H17BrINO. The van der Waals surface area contributed by atoms with Gasteiger partial charge in [0.25, 0.3) is 5.91 Å². The zero-order valence-electron chi connectivity index (χ0n) is 12.2. The first-order chi connectivity index (χ1) is 9.77. The van der Waals surface area contributed by atoms with Crippen molar-refractivity contribution >= 4 is 50.1 Å². The molecule has 0 spiro atoms. The predicted octanol–water partition coefficient (Wildman–Crippen LogP) is 5.60. The smallest absolute Gasteiger partial charge is 0.255 e. The molecule has 0 radical (unpaired) electrons. The molecule has 21 heavy (non-hydrogen) atoms. The van der Waals surface area contributed by atoms with E-state index in [1.165, 1.54) is 5.56 Å². The molecule has 0 heterocycles. The Morgan fingerprint density at radius 1 is 1.10 bits per heavy atom. The summed E-state index contributed by atoms with van der Waals surface area (Å²) in [7, 11) is 0. The summed E-state index contributed by atoms with van der Waals surface area (Å²) in [5.41, 5.74) is 2.80. The minimum absolute atomic E-state index is 0.0873. The van der Waals surface area contributed by atoms with Gasteiger partial charge in [-0.3, -0.25) is 4.79 Å². The van der Waals surface area contributed by atoms with E-state index >= 15 is 0 Å². The topological polar surface area (TPSA) is 29.1 Å². The third kappa shape index (κ3) is 4.30. The summed E-state index contributed by atoms with van der Waals surface area (Å²) in [6.45, 7) is 6.48. The van der Waals surface area contributed by atoms with Crippen molar-refractivity contribution in [2.75, 3.05) is 5.32 Å². The van der Waals surface area contributed by atoms with E-state index < -0.39 is 0 Å². The van der Waals surface area contributed by atoms with E-state index in [-0.39, 0.29) is 11.3 Å². The molecule has 0 aliphatic carbocycles. The molecule has 1 amide bonds. The van der Waals surface area contributed by atoms with Crippen LogP contribution >= 0.6 is 38.5 Å². The average Bonchev–Trinajstić information content (AvgIpc) is 2.41. The van der Waals surface area contributed by atoms with Crippen molar-refractivity contribution in [1.29, 1.82) is 0 Å². The Bertz CT molecular complexity index is 659. The van der Waals surface area contributed by atoms with Gasteiger partial charge < -0.3 is 5.32 Å². The molecule has 0 aliphatic rings. The Kier molecular flexibility index (Phi) is 5.09. The molecule has 2 nitrogen and oxygen atoms in total. The fraction of sp³-hybridized carbons (Fsp3) is 0.235. The number of nitrogens with one attached hydrogen (secondary N) is 1. The summed E-state index contributed by atoms with van der Waals surface area (Å²) in [4.78, 5) is 12.3. The summed E-state index contributed by atoms with van der Waals surface area (Å²) in [5.74, 6) is -0.0873.